The predicted octanol–water partition coefficient (Wildman–Crippen LogP) is 7.09. The molecule has 33 heavy (non-hydrogen) atoms. The molecular weight excluding hydrogens is 408 g/mol. The zero-order valence-corrected chi connectivity index (χ0v) is 22.2. The minimum atomic E-state index is -0.557. The number of fused-ring (bicyclic) bond motifs is 7. The second-order valence-corrected chi connectivity index (χ2v) is 14.5. The summed E-state index contributed by atoms with van der Waals surface area (Å²) >= 11 is 0. The smallest absolute Gasteiger partial charge is 0.310 e. The van der Waals surface area contributed by atoms with Crippen LogP contribution in [-0.4, -0.2) is 22.3 Å². The van der Waals surface area contributed by atoms with Gasteiger partial charge in [-0.15, -0.1) is 0 Å². The van der Waals surface area contributed by atoms with Crippen molar-refractivity contribution in [3.63, 3.8) is 0 Å². The summed E-state index contributed by atoms with van der Waals surface area (Å²) in [5, 5.41) is 21.4. The van der Waals surface area contributed by atoms with Crippen LogP contribution < -0.4 is 0 Å². The molecule has 4 fully saturated rings. The van der Waals surface area contributed by atoms with E-state index in [-0.39, 0.29) is 33.7 Å². The third-order valence-corrected chi connectivity index (χ3v) is 13.4. The van der Waals surface area contributed by atoms with Gasteiger partial charge in [-0.2, -0.15) is 0 Å². The maximum absolute atomic E-state index is 12.8. The lowest BCUT2D eigenvalue weighted by Gasteiger charge is -2.71. The van der Waals surface area contributed by atoms with E-state index in [1.807, 2.05) is 0 Å². The summed E-state index contributed by atoms with van der Waals surface area (Å²) in [6.07, 6.45) is 11.6. The van der Waals surface area contributed by atoms with Crippen molar-refractivity contribution < 1.29 is 15.0 Å². The van der Waals surface area contributed by atoms with E-state index < -0.39 is 11.4 Å². The quantitative estimate of drug-likeness (QED) is 0.414. The minimum Gasteiger partial charge on any atom is -0.481 e. The fourth-order valence-electron chi connectivity index (χ4n) is 10.8. The van der Waals surface area contributed by atoms with E-state index >= 15 is 0 Å². The molecule has 5 rings (SSSR count). The first-order valence-corrected chi connectivity index (χ1v) is 13.9. The molecule has 0 aromatic carbocycles. The predicted molar refractivity (Wildman–Crippen MR) is 133 cm³/mol. The summed E-state index contributed by atoms with van der Waals surface area (Å²) < 4.78 is 0. The van der Waals surface area contributed by atoms with Gasteiger partial charge in [-0.3, -0.25) is 4.79 Å². The van der Waals surface area contributed by atoms with E-state index in [1.165, 1.54) is 18.4 Å². The normalized spacial score (nSPS) is 55.3. The van der Waals surface area contributed by atoms with Gasteiger partial charge in [0.1, 0.15) is 0 Å². The number of aliphatic hydroxyl groups is 1. The molecule has 0 saturated heterocycles. The first-order valence-electron chi connectivity index (χ1n) is 13.9. The topological polar surface area (TPSA) is 57.5 Å². The van der Waals surface area contributed by atoms with Crippen LogP contribution in [-0.2, 0) is 4.79 Å². The maximum atomic E-state index is 12.8. The van der Waals surface area contributed by atoms with Crippen LogP contribution in [0.15, 0.2) is 11.6 Å². The summed E-state index contributed by atoms with van der Waals surface area (Å²) in [6.45, 7) is 17.0. The van der Waals surface area contributed by atoms with Crippen LogP contribution in [0.1, 0.15) is 106 Å². The fraction of sp³-hybridized carbons (Fsp3) is 0.900. The van der Waals surface area contributed by atoms with Gasteiger partial charge in [-0.1, -0.05) is 60.1 Å². The number of allylic oxidation sites excluding steroid dienone is 2. The molecule has 0 radical (unpaired) electrons. The third-order valence-electron chi connectivity index (χ3n) is 13.4. The van der Waals surface area contributed by atoms with E-state index in [1.54, 1.807) is 0 Å². The highest BCUT2D eigenvalue weighted by Gasteiger charge is 2.69. The Labute approximate surface area is 201 Å². The lowest BCUT2D eigenvalue weighted by molar-refractivity contribution is -0.206. The Morgan fingerprint density at radius 2 is 1.61 bits per heavy atom. The summed E-state index contributed by atoms with van der Waals surface area (Å²) in [5.74, 6) is 1.82. The van der Waals surface area contributed by atoms with Gasteiger partial charge >= 0.3 is 5.97 Å². The molecule has 0 heterocycles. The van der Waals surface area contributed by atoms with Gasteiger partial charge in [0.25, 0.3) is 0 Å². The SMILES string of the molecule is C[C@@H]1CC[C@]2(C(=O)O)CC[C@]3(C)C(=CC[C@@H]4[C@@]5(C)CCC(O)C(C)(C)C5CC[C@]43C)C2[C@H]1C. The van der Waals surface area contributed by atoms with Crippen LogP contribution in [0.3, 0.4) is 0 Å². The molecule has 5 aliphatic rings. The molecule has 186 valence electrons. The lowest BCUT2D eigenvalue weighted by atomic mass is 9.33. The molecule has 3 heteroatoms. The van der Waals surface area contributed by atoms with E-state index in [2.05, 4.69) is 54.5 Å². The first-order chi connectivity index (χ1) is 15.3. The largest absolute Gasteiger partial charge is 0.481 e. The number of carboxylic acids is 1. The van der Waals surface area contributed by atoms with Gasteiger partial charge in [-0.25, -0.2) is 0 Å². The van der Waals surface area contributed by atoms with Gasteiger partial charge in [-0.05, 0) is 109 Å². The molecule has 0 aromatic rings. The second kappa shape index (κ2) is 7.11. The number of hydrogen-bond donors (Lipinski definition) is 2. The van der Waals surface area contributed by atoms with Gasteiger partial charge in [0.2, 0.25) is 0 Å². The lowest BCUT2D eigenvalue weighted by Crippen LogP contribution is -2.65. The molecule has 2 N–H and O–H groups in total. The molecule has 0 aromatic heterocycles. The zero-order valence-electron chi connectivity index (χ0n) is 22.2. The van der Waals surface area contributed by atoms with Gasteiger partial charge in [0.05, 0.1) is 11.5 Å². The highest BCUT2D eigenvalue weighted by molar-refractivity contribution is 5.76. The van der Waals surface area contributed by atoms with Crippen molar-refractivity contribution in [1.82, 2.24) is 0 Å². The van der Waals surface area contributed by atoms with Crippen LogP contribution in [0, 0.1) is 56.7 Å². The van der Waals surface area contributed by atoms with Crippen molar-refractivity contribution in [3.05, 3.63) is 11.6 Å². The Morgan fingerprint density at radius 1 is 0.909 bits per heavy atom. The van der Waals surface area contributed by atoms with Crippen LogP contribution in [0.4, 0.5) is 0 Å². The van der Waals surface area contributed by atoms with Gasteiger partial charge in [0.15, 0.2) is 0 Å². The van der Waals surface area contributed by atoms with Crippen molar-refractivity contribution in [2.45, 2.75) is 112 Å². The van der Waals surface area contributed by atoms with Gasteiger partial charge in [0, 0.05) is 0 Å². The van der Waals surface area contributed by atoms with Gasteiger partial charge < -0.3 is 10.2 Å². The van der Waals surface area contributed by atoms with E-state index in [9.17, 15) is 15.0 Å². The number of aliphatic carboxylic acids is 1. The summed E-state index contributed by atoms with van der Waals surface area (Å²) in [5.41, 5.74) is 1.46. The highest BCUT2D eigenvalue weighted by atomic mass is 16.4. The molecular formula is C30H48O3. The molecule has 10 atom stereocenters. The summed E-state index contributed by atoms with van der Waals surface area (Å²) in [7, 11) is 0. The molecule has 0 bridgehead atoms. The first kappa shape index (κ1) is 23.9. The summed E-state index contributed by atoms with van der Waals surface area (Å²) in [6, 6.07) is 0. The van der Waals surface area contributed by atoms with Crippen LogP contribution in [0.5, 0.6) is 0 Å². The Balaban J connectivity index is 1.61. The van der Waals surface area contributed by atoms with Crippen molar-refractivity contribution in [2.75, 3.05) is 0 Å². The van der Waals surface area contributed by atoms with E-state index in [0.29, 0.717) is 23.7 Å². The Kier molecular flexibility index (Phi) is 5.15. The van der Waals surface area contributed by atoms with Crippen LogP contribution in [0.2, 0.25) is 0 Å². The zero-order chi connectivity index (χ0) is 24.2. The average Bonchev–Trinajstić information content (AvgIpc) is 2.74. The summed E-state index contributed by atoms with van der Waals surface area (Å²) in [4.78, 5) is 12.8. The van der Waals surface area contributed by atoms with Crippen molar-refractivity contribution in [3.8, 4) is 0 Å². The Hall–Kier alpha value is -0.830. The molecule has 3 nitrogen and oxygen atoms in total. The van der Waals surface area contributed by atoms with E-state index in [4.69, 9.17) is 0 Å². The maximum Gasteiger partial charge on any atom is 0.310 e. The molecule has 3 unspecified atom stereocenters. The van der Waals surface area contributed by atoms with Crippen molar-refractivity contribution in [2.24, 2.45) is 56.7 Å². The molecule has 0 amide bonds. The van der Waals surface area contributed by atoms with E-state index in [0.717, 1.165) is 44.9 Å². The second-order valence-electron chi connectivity index (χ2n) is 14.5. The Morgan fingerprint density at radius 3 is 2.27 bits per heavy atom. The number of rotatable bonds is 1. The number of aliphatic hydroxyl groups excluding tert-OH is 1. The number of carboxylic acid groups (broad SMARTS) is 1. The fourth-order valence-corrected chi connectivity index (χ4v) is 10.8. The Bertz CT molecular complexity index is 874. The van der Waals surface area contributed by atoms with Crippen LogP contribution in [0.25, 0.3) is 0 Å². The monoisotopic (exact) mass is 456 g/mol. The molecule has 0 spiro atoms. The third kappa shape index (κ3) is 2.75. The van der Waals surface area contributed by atoms with Crippen LogP contribution >= 0.6 is 0 Å². The number of carbonyl (C=O) groups is 1. The number of hydrogen-bond acceptors (Lipinski definition) is 2. The molecule has 0 aliphatic heterocycles. The van der Waals surface area contributed by atoms with Crippen molar-refractivity contribution in [1.29, 1.82) is 0 Å². The molecule has 5 aliphatic carbocycles. The molecule has 4 saturated carbocycles. The minimum absolute atomic E-state index is 0.0302. The highest BCUT2D eigenvalue weighted by Crippen LogP contribution is 2.75. The van der Waals surface area contributed by atoms with Crippen molar-refractivity contribution >= 4 is 5.97 Å². The average molecular weight is 457 g/mol. The standard InChI is InChI=1S/C30H48O3/c1-18-10-15-30(25(32)33)17-16-28(6)20(24(30)19(18)2)8-9-22-27(5)13-12-23(31)26(3,4)21(27)11-14-29(22,28)7/h8,18-19,21-24,31H,9-17H2,1-7H3,(H,32,33)/t18-,19+,21?,22-,23?,24?,27+,28-,29-,30+/m1/s1.